The summed E-state index contributed by atoms with van der Waals surface area (Å²) in [6, 6.07) is 2.42. The maximum Gasteiger partial charge on any atom is 0.174 e. The van der Waals surface area contributed by atoms with E-state index in [2.05, 4.69) is 29.2 Å². The SMILES string of the molecule is CCC(CC)C1CC(Nc2cncc(-n3nc(C)cc3C)n2)CCO1. The molecule has 25 heavy (non-hydrogen) atoms. The van der Waals surface area contributed by atoms with E-state index in [0.717, 1.165) is 42.5 Å². The molecule has 6 heteroatoms. The van der Waals surface area contributed by atoms with Crippen LogP contribution < -0.4 is 5.32 Å². The Kier molecular flexibility index (Phi) is 5.68. The third-order valence-corrected chi connectivity index (χ3v) is 5.09. The van der Waals surface area contributed by atoms with Gasteiger partial charge in [0.15, 0.2) is 5.82 Å². The van der Waals surface area contributed by atoms with Crippen LogP contribution in [0.15, 0.2) is 18.5 Å². The van der Waals surface area contributed by atoms with Crippen LogP contribution in [0, 0.1) is 19.8 Å². The molecule has 136 valence electrons. The maximum atomic E-state index is 6.01. The molecule has 0 spiro atoms. The minimum atomic E-state index is 0.341. The normalized spacial score (nSPS) is 20.8. The Labute approximate surface area is 150 Å². The van der Waals surface area contributed by atoms with Gasteiger partial charge >= 0.3 is 0 Å². The van der Waals surface area contributed by atoms with E-state index >= 15 is 0 Å². The zero-order valence-corrected chi connectivity index (χ0v) is 15.7. The first-order valence-electron chi connectivity index (χ1n) is 9.34. The Balaban J connectivity index is 1.71. The Morgan fingerprint density at radius 3 is 2.76 bits per heavy atom. The number of nitrogens with one attached hydrogen (secondary N) is 1. The van der Waals surface area contributed by atoms with Crippen LogP contribution in [-0.4, -0.2) is 38.5 Å². The zero-order valence-electron chi connectivity index (χ0n) is 15.7. The lowest BCUT2D eigenvalue weighted by atomic mass is 9.89. The molecule has 1 aliphatic heterocycles. The lowest BCUT2D eigenvalue weighted by Gasteiger charge is -2.34. The van der Waals surface area contributed by atoms with Crippen LogP contribution in [0.2, 0.25) is 0 Å². The molecular formula is C19H29N5O. The molecule has 0 aliphatic carbocycles. The van der Waals surface area contributed by atoms with Crippen LogP contribution in [0.1, 0.15) is 50.9 Å². The fraction of sp³-hybridized carbons (Fsp3) is 0.632. The number of anilines is 1. The largest absolute Gasteiger partial charge is 0.378 e. The molecule has 2 atom stereocenters. The summed E-state index contributed by atoms with van der Waals surface area (Å²) >= 11 is 0. The van der Waals surface area contributed by atoms with Crippen molar-refractivity contribution < 1.29 is 4.74 Å². The van der Waals surface area contributed by atoms with Gasteiger partial charge in [-0.15, -0.1) is 0 Å². The van der Waals surface area contributed by atoms with Crippen LogP contribution in [-0.2, 0) is 4.74 Å². The number of ether oxygens (including phenoxy) is 1. The molecule has 1 saturated heterocycles. The first-order chi connectivity index (χ1) is 12.1. The highest BCUT2D eigenvalue weighted by Crippen LogP contribution is 2.26. The van der Waals surface area contributed by atoms with Gasteiger partial charge in [-0.3, -0.25) is 4.98 Å². The van der Waals surface area contributed by atoms with Crippen molar-refractivity contribution in [1.29, 1.82) is 0 Å². The summed E-state index contributed by atoms with van der Waals surface area (Å²) in [6.45, 7) is 9.32. The van der Waals surface area contributed by atoms with Gasteiger partial charge < -0.3 is 10.1 Å². The van der Waals surface area contributed by atoms with Gasteiger partial charge in [0.2, 0.25) is 0 Å². The molecule has 1 fully saturated rings. The van der Waals surface area contributed by atoms with Crippen LogP contribution in [0.4, 0.5) is 5.82 Å². The molecule has 0 radical (unpaired) electrons. The average Bonchev–Trinajstić information content (AvgIpc) is 2.95. The van der Waals surface area contributed by atoms with Crippen molar-refractivity contribution >= 4 is 5.82 Å². The average molecular weight is 343 g/mol. The molecule has 0 amide bonds. The first-order valence-corrected chi connectivity index (χ1v) is 9.34. The summed E-state index contributed by atoms with van der Waals surface area (Å²) in [5.74, 6) is 2.19. The van der Waals surface area contributed by atoms with Crippen molar-refractivity contribution in [2.75, 3.05) is 11.9 Å². The van der Waals surface area contributed by atoms with E-state index in [1.165, 1.54) is 12.8 Å². The van der Waals surface area contributed by atoms with Gasteiger partial charge in [0.1, 0.15) is 5.82 Å². The molecule has 2 aromatic rings. The lowest BCUT2D eigenvalue weighted by Crippen LogP contribution is -2.38. The van der Waals surface area contributed by atoms with Gasteiger partial charge in [-0.05, 0) is 38.7 Å². The predicted octanol–water partition coefficient (Wildman–Crippen LogP) is 3.67. The third kappa shape index (κ3) is 4.18. The van der Waals surface area contributed by atoms with Crippen molar-refractivity contribution in [3.05, 3.63) is 29.8 Å². The number of aryl methyl sites for hydroxylation is 2. The van der Waals surface area contributed by atoms with Gasteiger partial charge in [-0.25, -0.2) is 9.67 Å². The molecule has 1 N–H and O–H groups in total. The minimum Gasteiger partial charge on any atom is -0.378 e. The highest BCUT2D eigenvalue weighted by molar-refractivity contribution is 5.37. The fourth-order valence-electron chi connectivity index (χ4n) is 3.70. The Hall–Kier alpha value is -1.95. The Morgan fingerprint density at radius 2 is 2.08 bits per heavy atom. The van der Waals surface area contributed by atoms with Gasteiger partial charge in [0.25, 0.3) is 0 Å². The van der Waals surface area contributed by atoms with Crippen LogP contribution >= 0.6 is 0 Å². The van der Waals surface area contributed by atoms with E-state index < -0.39 is 0 Å². The summed E-state index contributed by atoms with van der Waals surface area (Å²) in [7, 11) is 0. The smallest absolute Gasteiger partial charge is 0.174 e. The number of nitrogens with zero attached hydrogens (tertiary/aromatic N) is 4. The molecular weight excluding hydrogens is 314 g/mol. The zero-order chi connectivity index (χ0) is 17.8. The Bertz CT molecular complexity index is 695. The molecule has 1 aliphatic rings. The minimum absolute atomic E-state index is 0.341. The molecule has 2 aromatic heterocycles. The van der Waals surface area contributed by atoms with Crippen LogP contribution in [0.25, 0.3) is 5.82 Å². The molecule has 0 aromatic carbocycles. The highest BCUT2D eigenvalue weighted by atomic mass is 16.5. The second kappa shape index (κ2) is 7.95. The highest BCUT2D eigenvalue weighted by Gasteiger charge is 2.27. The van der Waals surface area contributed by atoms with E-state index in [1.807, 2.05) is 24.6 Å². The van der Waals surface area contributed by atoms with E-state index in [0.29, 0.717) is 18.1 Å². The second-order valence-electron chi connectivity index (χ2n) is 6.95. The summed E-state index contributed by atoms with van der Waals surface area (Å²) in [6.07, 6.45) is 8.25. The fourth-order valence-corrected chi connectivity index (χ4v) is 3.70. The molecule has 0 saturated carbocycles. The van der Waals surface area contributed by atoms with Gasteiger partial charge in [-0.1, -0.05) is 26.7 Å². The number of rotatable bonds is 6. The molecule has 3 heterocycles. The van der Waals surface area contributed by atoms with Crippen molar-refractivity contribution in [1.82, 2.24) is 19.7 Å². The summed E-state index contributed by atoms with van der Waals surface area (Å²) in [5.41, 5.74) is 2.04. The van der Waals surface area contributed by atoms with Gasteiger partial charge in [0, 0.05) is 18.3 Å². The Morgan fingerprint density at radius 1 is 1.28 bits per heavy atom. The molecule has 2 unspecified atom stereocenters. The predicted molar refractivity (Wildman–Crippen MR) is 99.1 cm³/mol. The third-order valence-electron chi connectivity index (χ3n) is 5.09. The first kappa shape index (κ1) is 17.9. The second-order valence-corrected chi connectivity index (χ2v) is 6.95. The summed E-state index contributed by atoms with van der Waals surface area (Å²) in [5, 5.41) is 8.05. The number of hydrogen-bond acceptors (Lipinski definition) is 5. The van der Waals surface area contributed by atoms with Crippen molar-refractivity contribution in [3.8, 4) is 5.82 Å². The van der Waals surface area contributed by atoms with Crippen LogP contribution in [0.3, 0.4) is 0 Å². The van der Waals surface area contributed by atoms with Crippen molar-refractivity contribution in [2.24, 2.45) is 5.92 Å². The lowest BCUT2D eigenvalue weighted by molar-refractivity contribution is -0.0271. The molecule has 3 rings (SSSR count). The van der Waals surface area contributed by atoms with E-state index in [-0.39, 0.29) is 0 Å². The van der Waals surface area contributed by atoms with Crippen LogP contribution in [0.5, 0.6) is 0 Å². The summed E-state index contributed by atoms with van der Waals surface area (Å²) in [4.78, 5) is 9.05. The monoisotopic (exact) mass is 343 g/mol. The molecule has 6 nitrogen and oxygen atoms in total. The topological polar surface area (TPSA) is 64.9 Å². The van der Waals surface area contributed by atoms with E-state index in [4.69, 9.17) is 9.72 Å². The van der Waals surface area contributed by atoms with Crippen molar-refractivity contribution in [3.63, 3.8) is 0 Å². The molecule has 0 bridgehead atoms. The number of aromatic nitrogens is 4. The van der Waals surface area contributed by atoms with E-state index in [9.17, 15) is 0 Å². The van der Waals surface area contributed by atoms with Crippen molar-refractivity contribution in [2.45, 2.75) is 65.5 Å². The van der Waals surface area contributed by atoms with Gasteiger partial charge in [-0.2, -0.15) is 5.10 Å². The summed E-state index contributed by atoms with van der Waals surface area (Å²) < 4.78 is 7.85. The van der Waals surface area contributed by atoms with E-state index in [1.54, 1.807) is 12.4 Å². The standard InChI is InChI=1S/C19H29N5O/c1-5-15(6-2)17-10-16(7-8-25-17)21-18-11-20-12-19(22-18)24-14(4)9-13(3)23-24/h9,11-12,15-17H,5-8,10H2,1-4H3,(H,21,22). The van der Waals surface area contributed by atoms with Gasteiger partial charge in [0.05, 0.1) is 24.2 Å². The number of hydrogen-bond donors (Lipinski definition) is 1. The quantitative estimate of drug-likeness (QED) is 0.867. The maximum absolute atomic E-state index is 6.01.